The summed E-state index contributed by atoms with van der Waals surface area (Å²) in [7, 11) is 0. The number of anilines is 1. The molecule has 0 aliphatic carbocycles. The minimum Gasteiger partial charge on any atom is -0.491 e. The summed E-state index contributed by atoms with van der Waals surface area (Å²) in [6.45, 7) is 2.68. The molecule has 1 aromatic carbocycles. The summed E-state index contributed by atoms with van der Waals surface area (Å²) in [4.78, 5) is 22.7. The standard InChI is InChI=1S/C15H23N3O3/c1-2-11(10-16)9-15(20)18-12-5-3-4-6-13(12)21-8-7-14(17)19/h3-6,11H,2,7-10,16H2,1H3,(H2,17,19)(H,18,20). The highest BCUT2D eigenvalue weighted by molar-refractivity contribution is 5.92. The van der Waals surface area contributed by atoms with Crippen molar-refractivity contribution in [1.82, 2.24) is 0 Å². The molecule has 0 aliphatic heterocycles. The lowest BCUT2D eigenvalue weighted by Gasteiger charge is -2.14. The van der Waals surface area contributed by atoms with Gasteiger partial charge in [0, 0.05) is 6.42 Å². The van der Waals surface area contributed by atoms with Gasteiger partial charge < -0.3 is 21.5 Å². The van der Waals surface area contributed by atoms with Gasteiger partial charge in [0.1, 0.15) is 5.75 Å². The molecule has 0 heterocycles. The maximum atomic E-state index is 12.0. The molecule has 0 bridgehead atoms. The zero-order valence-electron chi connectivity index (χ0n) is 12.3. The number of benzene rings is 1. The second-order valence-electron chi connectivity index (χ2n) is 4.82. The lowest BCUT2D eigenvalue weighted by Crippen LogP contribution is -2.22. The van der Waals surface area contributed by atoms with Crippen molar-refractivity contribution in [3.8, 4) is 5.75 Å². The van der Waals surface area contributed by atoms with Crippen molar-refractivity contribution in [2.45, 2.75) is 26.2 Å². The van der Waals surface area contributed by atoms with Crippen LogP contribution >= 0.6 is 0 Å². The number of nitrogens with one attached hydrogen (secondary N) is 1. The fraction of sp³-hybridized carbons (Fsp3) is 0.467. The zero-order valence-corrected chi connectivity index (χ0v) is 12.3. The first-order valence-corrected chi connectivity index (χ1v) is 7.06. The molecule has 5 N–H and O–H groups in total. The van der Waals surface area contributed by atoms with Crippen molar-refractivity contribution in [2.24, 2.45) is 17.4 Å². The Labute approximate surface area is 124 Å². The summed E-state index contributed by atoms with van der Waals surface area (Å²) in [5.41, 5.74) is 11.2. The van der Waals surface area contributed by atoms with Gasteiger partial charge in [-0.1, -0.05) is 25.5 Å². The second kappa shape index (κ2) is 8.97. The summed E-state index contributed by atoms with van der Waals surface area (Å²) >= 11 is 0. The summed E-state index contributed by atoms with van der Waals surface area (Å²) in [5, 5.41) is 2.81. The third-order valence-corrected chi connectivity index (χ3v) is 3.15. The lowest BCUT2D eigenvalue weighted by molar-refractivity contribution is -0.119. The van der Waals surface area contributed by atoms with Crippen LogP contribution in [0.15, 0.2) is 24.3 Å². The minimum atomic E-state index is -0.426. The first kappa shape index (κ1) is 17.0. The molecule has 116 valence electrons. The number of hydrogen-bond donors (Lipinski definition) is 3. The Kier molecular flexibility index (Phi) is 7.25. The first-order chi connectivity index (χ1) is 10.1. The van der Waals surface area contributed by atoms with Crippen LogP contribution in [0.3, 0.4) is 0 Å². The largest absolute Gasteiger partial charge is 0.491 e. The Balaban J connectivity index is 2.61. The molecule has 0 aromatic heterocycles. The number of carbonyl (C=O) groups excluding carboxylic acids is 2. The van der Waals surface area contributed by atoms with Gasteiger partial charge in [-0.25, -0.2) is 0 Å². The van der Waals surface area contributed by atoms with E-state index in [1.54, 1.807) is 24.3 Å². The molecule has 21 heavy (non-hydrogen) atoms. The quantitative estimate of drug-likeness (QED) is 0.637. The highest BCUT2D eigenvalue weighted by atomic mass is 16.5. The van der Waals surface area contributed by atoms with Crippen LogP contribution in [0.25, 0.3) is 0 Å². The third-order valence-electron chi connectivity index (χ3n) is 3.15. The molecule has 1 atom stereocenters. The molecule has 1 aromatic rings. The summed E-state index contributed by atoms with van der Waals surface area (Å²) < 4.78 is 5.47. The van der Waals surface area contributed by atoms with Gasteiger partial charge in [0.15, 0.2) is 0 Å². The van der Waals surface area contributed by atoms with Crippen LogP contribution in [0.5, 0.6) is 5.75 Å². The Hall–Kier alpha value is -2.08. The number of para-hydroxylation sites is 2. The molecular formula is C15H23N3O3. The predicted molar refractivity (Wildman–Crippen MR) is 81.8 cm³/mol. The van der Waals surface area contributed by atoms with Gasteiger partial charge >= 0.3 is 0 Å². The lowest BCUT2D eigenvalue weighted by atomic mass is 10.0. The number of nitrogens with two attached hydrogens (primary N) is 2. The molecule has 1 rings (SSSR count). The van der Waals surface area contributed by atoms with E-state index in [4.69, 9.17) is 16.2 Å². The fourth-order valence-corrected chi connectivity index (χ4v) is 1.82. The smallest absolute Gasteiger partial charge is 0.224 e. The van der Waals surface area contributed by atoms with Crippen LogP contribution in [0, 0.1) is 5.92 Å². The highest BCUT2D eigenvalue weighted by Crippen LogP contribution is 2.24. The molecule has 0 radical (unpaired) electrons. The average Bonchev–Trinajstić information content (AvgIpc) is 2.46. The SMILES string of the molecule is CCC(CN)CC(=O)Nc1ccccc1OCCC(N)=O. The molecule has 0 saturated carbocycles. The summed E-state index contributed by atoms with van der Waals surface area (Å²) in [5.74, 6) is 0.171. The zero-order chi connectivity index (χ0) is 15.7. The van der Waals surface area contributed by atoms with Gasteiger partial charge in [0.2, 0.25) is 11.8 Å². The van der Waals surface area contributed by atoms with Gasteiger partial charge in [-0.2, -0.15) is 0 Å². The van der Waals surface area contributed by atoms with E-state index < -0.39 is 5.91 Å². The summed E-state index contributed by atoms with van der Waals surface area (Å²) in [6.07, 6.45) is 1.37. The van der Waals surface area contributed by atoms with Gasteiger partial charge in [-0.05, 0) is 24.6 Å². The van der Waals surface area contributed by atoms with Crippen molar-refractivity contribution in [3.63, 3.8) is 0 Å². The monoisotopic (exact) mass is 293 g/mol. The molecule has 1 unspecified atom stereocenters. The number of hydrogen-bond acceptors (Lipinski definition) is 4. The third kappa shape index (κ3) is 6.27. The van der Waals surface area contributed by atoms with E-state index in [2.05, 4.69) is 5.32 Å². The van der Waals surface area contributed by atoms with E-state index in [-0.39, 0.29) is 24.9 Å². The van der Waals surface area contributed by atoms with Crippen LogP contribution in [0.2, 0.25) is 0 Å². The van der Waals surface area contributed by atoms with Crippen molar-refractivity contribution < 1.29 is 14.3 Å². The molecule has 6 heteroatoms. The van der Waals surface area contributed by atoms with Crippen molar-refractivity contribution in [2.75, 3.05) is 18.5 Å². The Morgan fingerprint density at radius 2 is 2.05 bits per heavy atom. The van der Waals surface area contributed by atoms with Gasteiger partial charge in [0.25, 0.3) is 0 Å². The van der Waals surface area contributed by atoms with Crippen molar-refractivity contribution in [3.05, 3.63) is 24.3 Å². The number of amides is 2. The minimum absolute atomic E-state index is 0.0988. The second-order valence-corrected chi connectivity index (χ2v) is 4.82. The number of primary amides is 1. The van der Waals surface area contributed by atoms with E-state index in [9.17, 15) is 9.59 Å². The topological polar surface area (TPSA) is 107 Å². The van der Waals surface area contributed by atoms with Crippen LogP contribution in [0.4, 0.5) is 5.69 Å². The molecule has 2 amide bonds. The number of rotatable bonds is 9. The van der Waals surface area contributed by atoms with E-state index in [1.807, 2.05) is 6.92 Å². The van der Waals surface area contributed by atoms with Gasteiger partial charge in [-0.3, -0.25) is 9.59 Å². The fourth-order valence-electron chi connectivity index (χ4n) is 1.82. The molecule has 6 nitrogen and oxygen atoms in total. The number of ether oxygens (including phenoxy) is 1. The highest BCUT2D eigenvalue weighted by Gasteiger charge is 2.12. The average molecular weight is 293 g/mol. The van der Waals surface area contributed by atoms with Gasteiger partial charge in [-0.15, -0.1) is 0 Å². The van der Waals surface area contributed by atoms with E-state index in [1.165, 1.54) is 0 Å². The maximum absolute atomic E-state index is 12.0. The van der Waals surface area contributed by atoms with Crippen LogP contribution in [-0.4, -0.2) is 25.0 Å². The van der Waals surface area contributed by atoms with Crippen molar-refractivity contribution >= 4 is 17.5 Å². The van der Waals surface area contributed by atoms with E-state index >= 15 is 0 Å². The predicted octanol–water partition coefficient (Wildman–Crippen LogP) is 1.25. The Bertz CT molecular complexity index is 473. The Morgan fingerprint density at radius 3 is 2.67 bits per heavy atom. The molecule has 0 spiro atoms. The van der Waals surface area contributed by atoms with Gasteiger partial charge in [0.05, 0.1) is 18.7 Å². The molecule has 0 saturated heterocycles. The van der Waals surface area contributed by atoms with Crippen LogP contribution in [0.1, 0.15) is 26.2 Å². The normalized spacial score (nSPS) is 11.7. The summed E-state index contributed by atoms with van der Waals surface area (Å²) in [6, 6.07) is 7.08. The number of carbonyl (C=O) groups is 2. The maximum Gasteiger partial charge on any atom is 0.224 e. The molecule has 0 aliphatic rings. The van der Waals surface area contributed by atoms with Crippen molar-refractivity contribution in [1.29, 1.82) is 0 Å². The van der Waals surface area contributed by atoms with Crippen LogP contribution in [-0.2, 0) is 9.59 Å². The molecular weight excluding hydrogens is 270 g/mol. The van der Waals surface area contributed by atoms with E-state index in [0.717, 1.165) is 6.42 Å². The Morgan fingerprint density at radius 1 is 1.33 bits per heavy atom. The first-order valence-electron chi connectivity index (χ1n) is 7.06. The molecule has 0 fully saturated rings. The van der Waals surface area contributed by atoms with E-state index in [0.29, 0.717) is 24.4 Å². The van der Waals surface area contributed by atoms with Crippen LogP contribution < -0.4 is 21.5 Å².